The van der Waals surface area contributed by atoms with E-state index in [-0.39, 0.29) is 23.5 Å². The summed E-state index contributed by atoms with van der Waals surface area (Å²) in [6.07, 6.45) is 2.30. The van der Waals surface area contributed by atoms with Crippen molar-refractivity contribution in [2.75, 3.05) is 13.2 Å². The number of carbonyl (C=O) groups excluding carboxylic acids is 1. The van der Waals surface area contributed by atoms with E-state index < -0.39 is 5.97 Å². The van der Waals surface area contributed by atoms with E-state index in [9.17, 15) is 9.59 Å². The second-order valence-electron chi connectivity index (χ2n) is 5.45. The number of hydrogen-bond acceptors (Lipinski definition) is 3. The number of aromatic carboxylic acids is 1. The van der Waals surface area contributed by atoms with Crippen molar-refractivity contribution >= 4 is 11.9 Å². The van der Waals surface area contributed by atoms with E-state index in [0.717, 1.165) is 18.4 Å². The van der Waals surface area contributed by atoms with Crippen LogP contribution in [-0.2, 0) is 16.0 Å². The predicted molar refractivity (Wildman–Crippen MR) is 78.3 cm³/mol. The van der Waals surface area contributed by atoms with Crippen LogP contribution in [0.25, 0.3) is 0 Å². The predicted octanol–water partition coefficient (Wildman–Crippen LogP) is 1.86. The molecule has 0 bridgehead atoms. The molecule has 2 N–H and O–H groups in total. The molecule has 2 atom stereocenters. The molecule has 0 spiro atoms. The molecule has 1 aliphatic heterocycles. The summed E-state index contributed by atoms with van der Waals surface area (Å²) in [7, 11) is 0. The van der Waals surface area contributed by atoms with Crippen LogP contribution >= 0.6 is 0 Å². The molecule has 114 valence electrons. The highest BCUT2D eigenvalue weighted by atomic mass is 16.5. The molecule has 0 aliphatic carbocycles. The molecular weight excluding hydrogens is 270 g/mol. The Kier molecular flexibility index (Phi) is 5.33. The summed E-state index contributed by atoms with van der Waals surface area (Å²) in [5, 5.41) is 11.9. The maximum atomic E-state index is 12.0. The first kappa shape index (κ1) is 15.5. The molecule has 21 heavy (non-hydrogen) atoms. The van der Waals surface area contributed by atoms with Gasteiger partial charge in [-0.2, -0.15) is 0 Å². The minimum absolute atomic E-state index is 0.0269. The monoisotopic (exact) mass is 291 g/mol. The molecular formula is C16H21NO4. The van der Waals surface area contributed by atoms with Gasteiger partial charge in [0.25, 0.3) is 0 Å². The molecule has 0 radical (unpaired) electrons. The maximum absolute atomic E-state index is 12.0. The second-order valence-corrected chi connectivity index (χ2v) is 5.45. The van der Waals surface area contributed by atoms with E-state index in [1.54, 1.807) is 18.2 Å². The highest BCUT2D eigenvalue weighted by Crippen LogP contribution is 2.19. The zero-order valence-corrected chi connectivity index (χ0v) is 12.2. The highest BCUT2D eigenvalue weighted by molar-refractivity contribution is 5.87. The number of carboxylic acids is 1. The van der Waals surface area contributed by atoms with Gasteiger partial charge in [-0.25, -0.2) is 4.79 Å². The largest absolute Gasteiger partial charge is 0.478 e. The van der Waals surface area contributed by atoms with Crippen LogP contribution in [0.2, 0.25) is 0 Å². The van der Waals surface area contributed by atoms with Crippen LogP contribution < -0.4 is 5.32 Å². The van der Waals surface area contributed by atoms with E-state index >= 15 is 0 Å². The number of amides is 1. The molecule has 0 unspecified atom stereocenters. The Hall–Kier alpha value is -1.88. The van der Waals surface area contributed by atoms with Gasteiger partial charge >= 0.3 is 5.97 Å². The molecule has 1 aliphatic rings. The average Bonchev–Trinajstić information content (AvgIpc) is 2.47. The lowest BCUT2D eigenvalue weighted by Gasteiger charge is -2.26. The number of rotatable bonds is 5. The van der Waals surface area contributed by atoms with Crippen molar-refractivity contribution in [1.29, 1.82) is 0 Å². The van der Waals surface area contributed by atoms with Crippen molar-refractivity contribution in [3.05, 3.63) is 35.4 Å². The average molecular weight is 291 g/mol. The summed E-state index contributed by atoms with van der Waals surface area (Å²) in [5.74, 6) is -0.837. The van der Waals surface area contributed by atoms with E-state index in [1.165, 1.54) is 0 Å². The topological polar surface area (TPSA) is 75.6 Å². The van der Waals surface area contributed by atoms with Gasteiger partial charge in [0.1, 0.15) is 0 Å². The molecule has 1 aromatic carbocycles. The van der Waals surface area contributed by atoms with Gasteiger partial charge in [0, 0.05) is 19.1 Å². The lowest BCUT2D eigenvalue weighted by Crippen LogP contribution is -2.37. The summed E-state index contributed by atoms with van der Waals surface area (Å²) >= 11 is 0. The second kappa shape index (κ2) is 7.22. The molecule has 1 aromatic rings. The maximum Gasteiger partial charge on any atom is 0.335 e. The first-order valence-corrected chi connectivity index (χ1v) is 7.28. The number of hydrogen-bond donors (Lipinski definition) is 2. The summed E-state index contributed by atoms with van der Waals surface area (Å²) in [6.45, 7) is 3.14. The third-order valence-electron chi connectivity index (χ3n) is 3.74. The smallest absolute Gasteiger partial charge is 0.335 e. The summed E-state index contributed by atoms with van der Waals surface area (Å²) in [6, 6.07) is 6.80. The van der Waals surface area contributed by atoms with Gasteiger partial charge < -0.3 is 15.2 Å². The number of carboxylic acid groups (broad SMARTS) is 1. The fourth-order valence-electron chi connectivity index (χ4n) is 2.57. The Morgan fingerprint density at radius 1 is 1.43 bits per heavy atom. The number of ether oxygens (including phenoxy) is 1. The van der Waals surface area contributed by atoms with Crippen LogP contribution in [0.5, 0.6) is 0 Å². The number of benzene rings is 1. The molecule has 1 heterocycles. The Morgan fingerprint density at radius 3 is 2.95 bits per heavy atom. The Labute approximate surface area is 124 Å². The minimum Gasteiger partial charge on any atom is -0.478 e. The van der Waals surface area contributed by atoms with Crippen LogP contribution in [0.1, 0.15) is 35.7 Å². The molecule has 5 nitrogen and oxygen atoms in total. The van der Waals surface area contributed by atoms with Crippen LogP contribution in [0.15, 0.2) is 24.3 Å². The fourth-order valence-corrected chi connectivity index (χ4v) is 2.57. The van der Waals surface area contributed by atoms with Crippen molar-refractivity contribution in [2.24, 2.45) is 5.92 Å². The van der Waals surface area contributed by atoms with Gasteiger partial charge in [-0.05, 0) is 43.9 Å². The van der Waals surface area contributed by atoms with E-state index in [0.29, 0.717) is 19.6 Å². The molecule has 5 heteroatoms. The van der Waals surface area contributed by atoms with E-state index in [2.05, 4.69) is 5.32 Å². The van der Waals surface area contributed by atoms with Gasteiger partial charge in [0.05, 0.1) is 11.7 Å². The standard InChI is InChI=1S/C16H21NO4/c1-11-9-13(6-8-21-11)15(18)17-7-5-12-3-2-4-14(10-12)16(19)20/h2-4,10-11,13H,5-9H2,1H3,(H,17,18)(H,19,20)/t11-,13-/m1/s1. The van der Waals surface area contributed by atoms with Gasteiger partial charge in [0.15, 0.2) is 0 Å². The van der Waals surface area contributed by atoms with Crippen molar-refractivity contribution < 1.29 is 19.4 Å². The molecule has 1 saturated heterocycles. The van der Waals surface area contributed by atoms with Gasteiger partial charge in [-0.15, -0.1) is 0 Å². The molecule has 0 saturated carbocycles. The van der Waals surface area contributed by atoms with Gasteiger partial charge in [0.2, 0.25) is 5.91 Å². The van der Waals surface area contributed by atoms with Crippen LogP contribution in [-0.4, -0.2) is 36.2 Å². The van der Waals surface area contributed by atoms with E-state index in [4.69, 9.17) is 9.84 Å². The van der Waals surface area contributed by atoms with E-state index in [1.807, 2.05) is 13.0 Å². The molecule has 1 fully saturated rings. The highest BCUT2D eigenvalue weighted by Gasteiger charge is 2.25. The van der Waals surface area contributed by atoms with Crippen molar-refractivity contribution in [1.82, 2.24) is 5.32 Å². The summed E-state index contributed by atoms with van der Waals surface area (Å²) in [5.41, 5.74) is 1.19. The normalized spacial score (nSPS) is 21.8. The molecule has 0 aromatic heterocycles. The third kappa shape index (κ3) is 4.56. The van der Waals surface area contributed by atoms with Crippen molar-refractivity contribution in [3.8, 4) is 0 Å². The first-order chi connectivity index (χ1) is 10.1. The van der Waals surface area contributed by atoms with Crippen LogP contribution in [0.4, 0.5) is 0 Å². The SMILES string of the molecule is C[C@@H]1C[C@H](C(=O)NCCc2cccc(C(=O)O)c2)CCO1. The van der Waals surface area contributed by atoms with Gasteiger partial charge in [-0.3, -0.25) is 4.79 Å². The third-order valence-corrected chi connectivity index (χ3v) is 3.74. The summed E-state index contributed by atoms with van der Waals surface area (Å²) in [4.78, 5) is 22.9. The van der Waals surface area contributed by atoms with Crippen molar-refractivity contribution in [3.63, 3.8) is 0 Å². The van der Waals surface area contributed by atoms with Crippen LogP contribution in [0, 0.1) is 5.92 Å². The zero-order valence-electron chi connectivity index (χ0n) is 12.2. The van der Waals surface area contributed by atoms with Crippen molar-refractivity contribution in [2.45, 2.75) is 32.3 Å². The molecule has 1 amide bonds. The lowest BCUT2D eigenvalue weighted by atomic mass is 9.95. The van der Waals surface area contributed by atoms with Crippen LogP contribution in [0.3, 0.4) is 0 Å². The Bertz CT molecular complexity index is 515. The lowest BCUT2D eigenvalue weighted by molar-refractivity contribution is -0.129. The van der Waals surface area contributed by atoms with Gasteiger partial charge in [-0.1, -0.05) is 12.1 Å². The molecule has 2 rings (SSSR count). The number of nitrogens with one attached hydrogen (secondary N) is 1. The number of carbonyl (C=O) groups is 2. The minimum atomic E-state index is -0.933. The first-order valence-electron chi connectivity index (χ1n) is 7.28. The summed E-state index contributed by atoms with van der Waals surface area (Å²) < 4.78 is 5.43. The quantitative estimate of drug-likeness (QED) is 0.868. The fraction of sp³-hybridized carbons (Fsp3) is 0.500. The zero-order chi connectivity index (χ0) is 15.2. The Balaban J connectivity index is 1.79. The Morgan fingerprint density at radius 2 is 2.24 bits per heavy atom.